The van der Waals surface area contributed by atoms with E-state index >= 15 is 0 Å². The number of ether oxygens (including phenoxy) is 1. The van der Waals surface area contributed by atoms with E-state index in [2.05, 4.69) is 15.0 Å². The lowest BCUT2D eigenvalue weighted by atomic mass is 10.1. The number of hydrogen-bond donors (Lipinski definition) is 3. The van der Waals surface area contributed by atoms with Gasteiger partial charge in [0, 0.05) is 29.7 Å². The Kier molecular flexibility index (Phi) is 3.99. The molecule has 5 rings (SSSR count). The number of nitrogens with one attached hydrogen (secondary N) is 1. The Hall–Kier alpha value is -3.46. The van der Waals surface area contributed by atoms with Gasteiger partial charge in [-0.05, 0) is 37.5 Å². The second-order valence-electron chi connectivity index (χ2n) is 7.34. The highest BCUT2D eigenvalue weighted by atomic mass is 16.5. The predicted molar refractivity (Wildman–Crippen MR) is 109 cm³/mol. The largest absolute Gasteiger partial charge is 0.383 e. The van der Waals surface area contributed by atoms with Gasteiger partial charge in [-0.15, -0.1) is 0 Å². The van der Waals surface area contributed by atoms with E-state index in [0.717, 1.165) is 46.0 Å². The van der Waals surface area contributed by atoms with Crippen LogP contribution in [0, 0.1) is 6.92 Å². The topological polar surface area (TPSA) is 138 Å². The van der Waals surface area contributed by atoms with Crippen molar-refractivity contribution in [1.82, 2.24) is 24.7 Å². The maximum absolute atomic E-state index is 11.6. The van der Waals surface area contributed by atoms with Gasteiger partial charge in [-0.2, -0.15) is 5.10 Å². The molecular weight excluding hydrogens is 370 g/mol. The number of benzene rings is 1. The maximum Gasteiger partial charge on any atom is 0.248 e. The van der Waals surface area contributed by atoms with Gasteiger partial charge in [-0.1, -0.05) is 6.07 Å². The number of nitrogens with zero attached hydrogens (tertiary/aromatic N) is 4. The Morgan fingerprint density at radius 1 is 1.28 bits per heavy atom. The number of aromatic amines is 1. The van der Waals surface area contributed by atoms with Crippen LogP contribution in [0.4, 0.5) is 5.82 Å². The molecule has 0 bridgehead atoms. The predicted octanol–water partition coefficient (Wildman–Crippen LogP) is 2.32. The second-order valence-corrected chi connectivity index (χ2v) is 7.34. The Morgan fingerprint density at radius 2 is 2.07 bits per heavy atom. The normalized spacial score (nSPS) is 15.3. The van der Waals surface area contributed by atoms with Crippen molar-refractivity contribution in [2.24, 2.45) is 5.73 Å². The number of aryl methyl sites for hydroxylation is 1. The second kappa shape index (κ2) is 6.56. The average molecular weight is 391 g/mol. The molecule has 4 heterocycles. The Labute approximate surface area is 166 Å². The number of anilines is 1. The Balaban J connectivity index is 1.74. The summed E-state index contributed by atoms with van der Waals surface area (Å²) in [6, 6.07) is 5.57. The van der Waals surface area contributed by atoms with E-state index in [1.807, 2.05) is 17.7 Å². The monoisotopic (exact) mass is 391 g/mol. The molecule has 0 unspecified atom stereocenters. The van der Waals surface area contributed by atoms with E-state index in [0.29, 0.717) is 30.3 Å². The molecule has 9 heteroatoms. The van der Waals surface area contributed by atoms with Crippen molar-refractivity contribution in [2.45, 2.75) is 25.8 Å². The summed E-state index contributed by atoms with van der Waals surface area (Å²) >= 11 is 0. The third kappa shape index (κ3) is 2.73. The third-order valence-corrected chi connectivity index (χ3v) is 5.63. The first kappa shape index (κ1) is 17.6. The van der Waals surface area contributed by atoms with Gasteiger partial charge in [0.25, 0.3) is 0 Å². The van der Waals surface area contributed by atoms with Crippen LogP contribution in [0.25, 0.3) is 33.3 Å². The molecule has 0 aliphatic carbocycles. The SMILES string of the molecule is Cc1c(-c2nn(C3CCOCC3)c3ncnc(N)c23)[nH]c2cc(C(N)=O)ccc12. The van der Waals surface area contributed by atoms with E-state index < -0.39 is 5.91 Å². The number of fused-ring (bicyclic) bond motifs is 2. The Morgan fingerprint density at radius 3 is 2.83 bits per heavy atom. The zero-order valence-corrected chi connectivity index (χ0v) is 16.0. The minimum absolute atomic E-state index is 0.195. The molecule has 1 saturated heterocycles. The molecule has 0 saturated carbocycles. The van der Waals surface area contributed by atoms with Gasteiger partial charge in [0.2, 0.25) is 5.91 Å². The molecule has 4 aromatic rings. The number of amides is 1. The van der Waals surface area contributed by atoms with Gasteiger partial charge in [-0.3, -0.25) is 4.79 Å². The summed E-state index contributed by atoms with van der Waals surface area (Å²) in [6.07, 6.45) is 3.21. The van der Waals surface area contributed by atoms with Crippen LogP contribution in [0.1, 0.15) is 34.8 Å². The first-order valence-electron chi connectivity index (χ1n) is 9.53. The quantitative estimate of drug-likeness (QED) is 0.490. The molecule has 1 fully saturated rings. The molecular formula is C20H21N7O2. The fraction of sp³-hybridized carbons (Fsp3) is 0.300. The molecule has 5 N–H and O–H groups in total. The minimum Gasteiger partial charge on any atom is -0.383 e. The van der Waals surface area contributed by atoms with Crippen LogP contribution in [0.3, 0.4) is 0 Å². The van der Waals surface area contributed by atoms with Crippen LogP contribution in [0.2, 0.25) is 0 Å². The van der Waals surface area contributed by atoms with Gasteiger partial charge in [-0.25, -0.2) is 14.6 Å². The molecule has 1 aromatic carbocycles. The van der Waals surface area contributed by atoms with E-state index in [4.69, 9.17) is 21.3 Å². The van der Waals surface area contributed by atoms with Crippen molar-refractivity contribution in [1.29, 1.82) is 0 Å². The van der Waals surface area contributed by atoms with E-state index in [9.17, 15) is 4.79 Å². The summed E-state index contributed by atoms with van der Waals surface area (Å²) < 4.78 is 7.44. The lowest BCUT2D eigenvalue weighted by Gasteiger charge is -2.22. The molecule has 9 nitrogen and oxygen atoms in total. The van der Waals surface area contributed by atoms with Crippen molar-refractivity contribution in [3.63, 3.8) is 0 Å². The standard InChI is InChI=1S/C20H21N7O2/c1-10-13-3-2-11(19(22)28)8-14(13)25-16(10)17-15-18(21)23-9-24-20(15)27(26-17)12-4-6-29-7-5-12/h2-3,8-9,12,25H,4-7H2,1H3,(H2,22,28)(H2,21,23,24). The van der Waals surface area contributed by atoms with Crippen molar-refractivity contribution in [3.05, 3.63) is 35.7 Å². The number of carbonyl (C=O) groups is 1. The molecule has 29 heavy (non-hydrogen) atoms. The molecule has 148 valence electrons. The highest BCUT2D eigenvalue weighted by Gasteiger charge is 2.25. The van der Waals surface area contributed by atoms with Crippen LogP contribution in [0.5, 0.6) is 0 Å². The summed E-state index contributed by atoms with van der Waals surface area (Å²) in [5.41, 5.74) is 16.2. The molecule has 1 aliphatic rings. The average Bonchev–Trinajstić information content (AvgIpc) is 3.27. The minimum atomic E-state index is -0.465. The summed E-state index contributed by atoms with van der Waals surface area (Å²) in [7, 11) is 0. The summed E-state index contributed by atoms with van der Waals surface area (Å²) in [4.78, 5) is 23.6. The molecule has 0 radical (unpaired) electrons. The lowest BCUT2D eigenvalue weighted by Crippen LogP contribution is -2.20. The lowest BCUT2D eigenvalue weighted by molar-refractivity contribution is 0.0674. The number of nitrogens with two attached hydrogens (primary N) is 2. The van der Waals surface area contributed by atoms with Crippen LogP contribution in [0.15, 0.2) is 24.5 Å². The summed E-state index contributed by atoms with van der Waals surface area (Å²) in [5, 5.41) is 6.63. The van der Waals surface area contributed by atoms with Gasteiger partial charge >= 0.3 is 0 Å². The van der Waals surface area contributed by atoms with Crippen LogP contribution in [-0.2, 0) is 4.74 Å². The van der Waals surface area contributed by atoms with Crippen LogP contribution in [-0.4, -0.2) is 43.9 Å². The van der Waals surface area contributed by atoms with Gasteiger partial charge in [0.15, 0.2) is 5.65 Å². The first-order valence-corrected chi connectivity index (χ1v) is 9.53. The van der Waals surface area contributed by atoms with Crippen molar-refractivity contribution in [2.75, 3.05) is 18.9 Å². The molecule has 0 spiro atoms. The summed E-state index contributed by atoms with van der Waals surface area (Å²) in [6.45, 7) is 3.41. The van der Waals surface area contributed by atoms with Crippen molar-refractivity contribution in [3.8, 4) is 11.4 Å². The first-order chi connectivity index (χ1) is 14.0. The number of nitrogen functional groups attached to an aromatic ring is 1. The highest BCUT2D eigenvalue weighted by molar-refractivity contribution is 6.03. The third-order valence-electron chi connectivity index (χ3n) is 5.63. The van der Waals surface area contributed by atoms with Crippen LogP contribution >= 0.6 is 0 Å². The molecule has 1 amide bonds. The molecule has 3 aromatic heterocycles. The molecule has 1 aliphatic heterocycles. The summed E-state index contributed by atoms with van der Waals surface area (Å²) in [5.74, 6) is -0.0771. The number of primary amides is 1. The van der Waals surface area contributed by atoms with E-state index in [-0.39, 0.29) is 6.04 Å². The zero-order valence-electron chi connectivity index (χ0n) is 16.0. The zero-order chi connectivity index (χ0) is 20.1. The maximum atomic E-state index is 11.6. The number of carbonyl (C=O) groups excluding carboxylic acids is 1. The fourth-order valence-electron chi connectivity index (χ4n) is 4.08. The number of rotatable bonds is 3. The van der Waals surface area contributed by atoms with Gasteiger partial charge < -0.3 is 21.2 Å². The smallest absolute Gasteiger partial charge is 0.248 e. The van der Waals surface area contributed by atoms with Crippen molar-refractivity contribution < 1.29 is 9.53 Å². The number of H-pyrrole nitrogens is 1. The Bertz CT molecular complexity index is 1250. The van der Waals surface area contributed by atoms with Crippen molar-refractivity contribution >= 4 is 33.7 Å². The fourth-order valence-corrected chi connectivity index (χ4v) is 4.08. The van der Waals surface area contributed by atoms with Gasteiger partial charge in [0.05, 0.1) is 17.1 Å². The van der Waals surface area contributed by atoms with Gasteiger partial charge in [0.1, 0.15) is 17.8 Å². The van der Waals surface area contributed by atoms with Crippen LogP contribution < -0.4 is 11.5 Å². The number of aromatic nitrogens is 5. The molecule has 0 atom stereocenters. The van der Waals surface area contributed by atoms with E-state index in [1.54, 1.807) is 12.1 Å². The number of hydrogen-bond acceptors (Lipinski definition) is 6. The highest BCUT2D eigenvalue weighted by Crippen LogP contribution is 2.37. The van der Waals surface area contributed by atoms with E-state index in [1.165, 1.54) is 6.33 Å².